The van der Waals surface area contributed by atoms with Crippen molar-refractivity contribution in [3.05, 3.63) is 0 Å². The lowest BCUT2D eigenvalue weighted by atomic mass is 10.2. The zero-order valence-electron chi connectivity index (χ0n) is 15.1. The van der Waals surface area contributed by atoms with Gasteiger partial charge in [0, 0.05) is 0 Å². The van der Waals surface area contributed by atoms with Crippen molar-refractivity contribution >= 4 is 20.2 Å². The van der Waals surface area contributed by atoms with E-state index >= 15 is 0 Å². The highest BCUT2D eigenvalue weighted by molar-refractivity contribution is 7.88. The summed E-state index contributed by atoms with van der Waals surface area (Å²) in [6.07, 6.45) is -16.1. The smallest absolute Gasteiger partial charge is 0.265 e. The molecule has 0 aliphatic carbocycles. The van der Waals surface area contributed by atoms with Crippen molar-refractivity contribution in [1.29, 1.82) is 0 Å². The molecule has 0 aliphatic heterocycles. The summed E-state index contributed by atoms with van der Waals surface area (Å²) in [5.41, 5.74) is 0. The van der Waals surface area contributed by atoms with Gasteiger partial charge >= 0.3 is 54.4 Å². The van der Waals surface area contributed by atoms with Gasteiger partial charge in [0.1, 0.15) is 0 Å². The third-order valence-corrected chi connectivity index (χ3v) is 6.94. The first kappa shape index (κ1) is 30.0. The molecule has 0 amide bonds. The molecule has 0 N–H and O–H groups in total. The SMILES string of the molecule is CC(COS(=O)(=O)C(C)(F)C(F)(F)C(F)(F)F)OS(=O)(=O)C(C)(F)C(F)(F)C(F)(F)F. The van der Waals surface area contributed by atoms with Gasteiger partial charge in [0.25, 0.3) is 0 Å². The van der Waals surface area contributed by atoms with E-state index in [9.17, 15) is 69.5 Å². The molecule has 0 fully saturated rings. The average Bonchev–Trinajstić information content (AvgIpc) is 2.49. The van der Waals surface area contributed by atoms with Crippen LogP contribution in [0.4, 0.5) is 52.7 Å². The standard InChI is InChI=1S/C11H12F12O6S2/c1-5(29-31(26,27)7(3,13)9(16,17)11(21,22)23)4-28-30(24,25)6(2,12)8(14,15)10(18,19)20/h5H,4H2,1-3H3. The molecule has 0 spiro atoms. The fourth-order valence-corrected chi connectivity index (χ4v) is 3.57. The molecule has 31 heavy (non-hydrogen) atoms. The minimum atomic E-state index is -6.75. The Hall–Kier alpha value is -1.02. The Bertz CT molecular complexity index is 856. The Kier molecular flexibility index (Phi) is 7.82. The summed E-state index contributed by atoms with van der Waals surface area (Å²) in [5, 5.41) is -11.0. The zero-order chi connectivity index (χ0) is 25.7. The molecule has 0 saturated heterocycles. The Morgan fingerprint density at radius 2 is 0.935 bits per heavy atom. The predicted octanol–water partition coefficient (Wildman–Crippen LogP) is 3.83. The van der Waals surface area contributed by atoms with Crippen LogP contribution >= 0.6 is 0 Å². The van der Waals surface area contributed by atoms with Crippen molar-refractivity contribution in [3.63, 3.8) is 0 Å². The zero-order valence-corrected chi connectivity index (χ0v) is 16.7. The highest BCUT2D eigenvalue weighted by atomic mass is 32.2. The maximum Gasteiger partial charge on any atom is 0.458 e. The van der Waals surface area contributed by atoms with E-state index in [1.54, 1.807) is 0 Å². The number of hydrogen-bond acceptors (Lipinski definition) is 6. The first-order valence-electron chi connectivity index (χ1n) is 7.19. The molecular formula is C11H12F12O6S2. The topological polar surface area (TPSA) is 86.7 Å². The average molecular weight is 532 g/mol. The summed E-state index contributed by atoms with van der Waals surface area (Å²) in [4.78, 5) is 0. The summed E-state index contributed by atoms with van der Waals surface area (Å²) in [7, 11) is -13.2. The minimum Gasteiger partial charge on any atom is -0.265 e. The first-order chi connectivity index (χ1) is 13.1. The molecule has 0 radical (unpaired) electrons. The van der Waals surface area contributed by atoms with Gasteiger partial charge in [0.05, 0.1) is 12.7 Å². The number of rotatable bonds is 9. The molecule has 0 rings (SSSR count). The second-order valence-corrected chi connectivity index (χ2v) is 9.86. The number of hydrogen-bond donors (Lipinski definition) is 0. The van der Waals surface area contributed by atoms with E-state index < -0.39 is 81.0 Å². The third-order valence-electron chi connectivity index (χ3n) is 3.52. The van der Waals surface area contributed by atoms with E-state index in [1.165, 1.54) is 0 Å². The van der Waals surface area contributed by atoms with Crippen LogP contribution in [0, 0.1) is 0 Å². The molecule has 0 saturated carbocycles. The molecule has 0 aromatic rings. The fourth-order valence-electron chi connectivity index (χ4n) is 1.45. The molecule has 0 aromatic heterocycles. The maximum absolute atomic E-state index is 13.8. The highest BCUT2D eigenvalue weighted by Crippen LogP contribution is 2.49. The van der Waals surface area contributed by atoms with Crippen LogP contribution in [-0.2, 0) is 28.6 Å². The van der Waals surface area contributed by atoms with Gasteiger partial charge in [-0.15, -0.1) is 0 Å². The van der Waals surface area contributed by atoms with E-state index in [-0.39, 0.29) is 6.92 Å². The Labute approximate surface area is 166 Å². The molecule has 188 valence electrons. The third kappa shape index (κ3) is 5.15. The van der Waals surface area contributed by atoms with Gasteiger partial charge in [0.2, 0.25) is 0 Å². The molecule has 0 heterocycles. The fraction of sp³-hybridized carbons (Fsp3) is 1.00. The van der Waals surface area contributed by atoms with Crippen LogP contribution in [-0.4, -0.2) is 63.7 Å². The van der Waals surface area contributed by atoms with Crippen LogP contribution in [0.5, 0.6) is 0 Å². The van der Waals surface area contributed by atoms with Crippen molar-refractivity contribution in [2.45, 2.75) is 61.1 Å². The van der Waals surface area contributed by atoms with Gasteiger partial charge < -0.3 is 0 Å². The highest BCUT2D eigenvalue weighted by Gasteiger charge is 2.76. The normalized spacial score (nSPS) is 20.1. The van der Waals surface area contributed by atoms with Crippen LogP contribution in [0.3, 0.4) is 0 Å². The van der Waals surface area contributed by atoms with Gasteiger partial charge in [-0.3, -0.25) is 8.37 Å². The van der Waals surface area contributed by atoms with E-state index in [4.69, 9.17) is 0 Å². The van der Waals surface area contributed by atoms with Crippen molar-refractivity contribution < 1.29 is 77.9 Å². The molecule has 3 atom stereocenters. The van der Waals surface area contributed by atoms with E-state index in [0.29, 0.717) is 0 Å². The second-order valence-electron chi connectivity index (χ2n) is 6.08. The first-order valence-corrected chi connectivity index (χ1v) is 10.0. The van der Waals surface area contributed by atoms with E-state index in [2.05, 4.69) is 8.37 Å². The summed E-state index contributed by atoms with van der Waals surface area (Å²) in [6.45, 7) is -3.28. The minimum absolute atomic E-state index is 0.284. The van der Waals surface area contributed by atoms with Crippen LogP contribution < -0.4 is 0 Å². The lowest BCUT2D eigenvalue weighted by molar-refractivity contribution is -0.310. The maximum atomic E-state index is 13.8. The lowest BCUT2D eigenvalue weighted by Gasteiger charge is -2.32. The van der Waals surface area contributed by atoms with Gasteiger partial charge in [-0.25, -0.2) is 8.78 Å². The summed E-state index contributed by atoms with van der Waals surface area (Å²) >= 11 is 0. The molecule has 20 heteroatoms. The molecule has 0 aromatic carbocycles. The quantitative estimate of drug-likeness (QED) is 0.332. The Morgan fingerprint density at radius 1 is 0.645 bits per heavy atom. The number of halogens is 12. The predicted molar refractivity (Wildman–Crippen MR) is 75.4 cm³/mol. The lowest BCUT2D eigenvalue weighted by Crippen LogP contribution is -2.58. The molecule has 3 unspecified atom stereocenters. The van der Waals surface area contributed by atoms with Crippen molar-refractivity contribution in [3.8, 4) is 0 Å². The Morgan fingerprint density at radius 3 is 1.23 bits per heavy atom. The molecule has 6 nitrogen and oxygen atoms in total. The Balaban J connectivity index is 5.65. The number of alkyl halides is 12. The van der Waals surface area contributed by atoms with Crippen LogP contribution in [0.2, 0.25) is 0 Å². The van der Waals surface area contributed by atoms with Gasteiger partial charge in [0.15, 0.2) is 0 Å². The van der Waals surface area contributed by atoms with Crippen molar-refractivity contribution in [2.24, 2.45) is 0 Å². The van der Waals surface area contributed by atoms with Gasteiger partial charge in [-0.2, -0.15) is 60.7 Å². The van der Waals surface area contributed by atoms with E-state index in [1.807, 2.05) is 0 Å². The molecular weight excluding hydrogens is 520 g/mol. The van der Waals surface area contributed by atoms with Crippen molar-refractivity contribution in [2.75, 3.05) is 6.61 Å². The van der Waals surface area contributed by atoms with Crippen LogP contribution in [0.15, 0.2) is 0 Å². The van der Waals surface area contributed by atoms with Crippen LogP contribution in [0.25, 0.3) is 0 Å². The molecule has 0 aliphatic rings. The monoisotopic (exact) mass is 532 g/mol. The van der Waals surface area contributed by atoms with E-state index in [0.717, 1.165) is 0 Å². The largest absolute Gasteiger partial charge is 0.458 e. The second kappa shape index (κ2) is 8.08. The van der Waals surface area contributed by atoms with Gasteiger partial charge in [-0.1, -0.05) is 0 Å². The summed E-state index contributed by atoms with van der Waals surface area (Å²) in [6, 6.07) is 0. The summed E-state index contributed by atoms with van der Waals surface area (Å²) in [5.74, 6) is -13.1. The van der Waals surface area contributed by atoms with Crippen molar-refractivity contribution in [1.82, 2.24) is 0 Å². The van der Waals surface area contributed by atoms with Gasteiger partial charge in [-0.05, 0) is 20.8 Å². The molecule has 0 bridgehead atoms. The summed E-state index contributed by atoms with van der Waals surface area (Å²) < 4.78 is 206. The van der Waals surface area contributed by atoms with Crippen LogP contribution in [0.1, 0.15) is 20.8 Å².